The van der Waals surface area contributed by atoms with Crippen LogP contribution in [0.4, 0.5) is 5.69 Å². The SMILES string of the molecule is CC[C@@H](Oc1ccc(N(C)S(C)(=O)=O)cc1)C(=O)N[C@@H]1CC(CC)(CC)Oc2ccccc21. The van der Waals surface area contributed by atoms with E-state index in [1.807, 2.05) is 31.2 Å². The van der Waals surface area contributed by atoms with Crippen LogP contribution in [0.1, 0.15) is 58.1 Å². The summed E-state index contributed by atoms with van der Waals surface area (Å²) in [4.78, 5) is 13.2. The normalized spacial score (nSPS) is 17.9. The molecule has 2 aromatic carbocycles. The quantitative estimate of drug-likeness (QED) is 0.581. The summed E-state index contributed by atoms with van der Waals surface area (Å²) in [5, 5.41) is 3.19. The van der Waals surface area contributed by atoms with Gasteiger partial charge in [0.15, 0.2) is 6.10 Å². The summed E-state index contributed by atoms with van der Waals surface area (Å²) < 4.78 is 37.0. The highest BCUT2D eigenvalue weighted by Crippen LogP contribution is 2.42. The Kier molecular flexibility index (Phi) is 7.57. The first kappa shape index (κ1) is 24.9. The largest absolute Gasteiger partial charge is 0.487 e. The summed E-state index contributed by atoms with van der Waals surface area (Å²) in [6.07, 6.45) is 3.38. The molecule has 0 bridgehead atoms. The Morgan fingerprint density at radius 3 is 2.36 bits per heavy atom. The minimum atomic E-state index is -3.35. The number of hydrogen-bond donors (Lipinski definition) is 1. The van der Waals surface area contributed by atoms with Crippen molar-refractivity contribution in [1.29, 1.82) is 0 Å². The number of carbonyl (C=O) groups is 1. The van der Waals surface area contributed by atoms with Gasteiger partial charge in [0.25, 0.3) is 5.91 Å². The van der Waals surface area contributed by atoms with Gasteiger partial charge in [0.2, 0.25) is 10.0 Å². The first-order valence-electron chi connectivity index (χ1n) is 11.4. The number of ether oxygens (including phenoxy) is 2. The maximum Gasteiger partial charge on any atom is 0.261 e. The van der Waals surface area contributed by atoms with Crippen LogP contribution in [0.25, 0.3) is 0 Å². The number of nitrogens with one attached hydrogen (secondary N) is 1. The molecule has 0 unspecified atom stereocenters. The van der Waals surface area contributed by atoms with Crippen molar-refractivity contribution in [1.82, 2.24) is 5.32 Å². The number of amides is 1. The number of benzene rings is 2. The molecule has 8 heteroatoms. The van der Waals surface area contributed by atoms with E-state index >= 15 is 0 Å². The molecule has 0 fully saturated rings. The third-order valence-corrected chi connectivity index (χ3v) is 7.65. The zero-order chi connectivity index (χ0) is 24.2. The van der Waals surface area contributed by atoms with Gasteiger partial charge in [0.05, 0.1) is 18.0 Å². The topological polar surface area (TPSA) is 84.9 Å². The molecule has 0 saturated carbocycles. The van der Waals surface area contributed by atoms with E-state index in [0.717, 1.165) is 30.4 Å². The molecule has 1 amide bonds. The molecular weight excluding hydrogens is 440 g/mol. The molecular formula is C25H34N2O5S. The molecule has 0 aliphatic carbocycles. The summed E-state index contributed by atoms with van der Waals surface area (Å²) in [6, 6.07) is 14.4. The van der Waals surface area contributed by atoms with Gasteiger partial charge in [-0.25, -0.2) is 8.42 Å². The average Bonchev–Trinajstić information content (AvgIpc) is 2.81. The summed E-state index contributed by atoms with van der Waals surface area (Å²) in [5.41, 5.74) is 1.19. The molecule has 2 atom stereocenters. The van der Waals surface area contributed by atoms with Crippen LogP contribution in [0.3, 0.4) is 0 Å². The highest BCUT2D eigenvalue weighted by molar-refractivity contribution is 7.92. The molecule has 1 N–H and O–H groups in total. The summed E-state index contributed by atoms with van der Waals surface area (Å²) in [6.45, 7) is 6.12. The van der Waals surface area contributed by atoms with Gasteiger partial charge >= 0.3 is 0 Å². The Labute approximate surface area is 197 Å². The van der Waals surface area contributed by atoms with Crippen molar-refractivity contribution < 1.29 is 22.7 Å². The fourth-order valence-corrected chi connectivity index (χ4v) is 4.61. The average molecular weight is 475 g/mol. The van der Waals surface area contributed by atoms with Gasteiger partial charge in [-0.3, -0.25) is 9.10 Å². The number of nitrogens with zero attached hydrogens (tertiary/aromatic N) is 1. The van der Waals surface area contributed by atoms with Crippen LogP contribution in [-0.2, 0) is 14.8 Å². The Balaban J connectivity index is 1.74. The fourth-order valence-electron chi connectivity index (χ4n) is 4.11. The highest BCUT2D eigenvalue weighted by atomic mass is 32.2. The van der Waals surface area contributed by atoms with E-state index in [9.17, 15) is 13.2 Å². The minimum Gasteiger partial charge on any atom is -0.487 e. The van der Waals surface area contributed by atoms with Crippen LogP contribution in [0, 0.1) is 0 Å². The van der Waals surface area contributed by atoms with E-state index in [2.05, 4.69) is 19.2 Å². The molecule has 2 aromatic rings. The Morgan fingerprint density at radius 1 is 1.15 bits per heavy atom. The second kappa shape index (κ2) is 10.0. The van der Waals surface area contributed by atoms with Crippen LogP contribution in [-0.4, -0.2) is 39.3 Å². The number of fused-ring (bicyclic) bond motifs is 1. The molecule has 0 aromatic heterocycles. The third-order valence-electron chi connectivity index (χ3n) is 6.44. The molecule has 1 aliphatic rings. The number of anilines is 1. The molecule has 180 valence electrons. The molecule has 1 aliphatic heterocycles. The van der Waals surface area contributed by atoms with Crippen LogP contribution < -0.4 is 19.1 Å². The van der Waals surface area contributed by atoms with E-state index in [1.54, 1.807) is 24.3 Å². The monoisotopic (exact) mass is 474 g/mol. The van der Waals surface area contributed by atoms with Gasteiger partial charge in [0.1, 0.15) is 17.1 Å². The maximum absolute atomic E-state index is 13.2. The molecule has 0 radical (unpaired) electrons. The summed E-state index contributed by atoms with van der Waals surface area (Å²) >= 11 is 0. The van der Waals surface area contributed by atoms with Crippen molar-refractivity contribution in [3.63, 3.8) is 0 Å². The molecule has 33 heavy (non-hydrogen) atoms. The summed E-state index contributed by atoms with van der Waals surface area (Å²) in [7, 11) is -1.85. The van der Waals surface area contributed by atoms with Gasteiger partial charge in [-0.2, -0.15) is 0 Å². The van der Waals surface area contributed by atoms with Gasteiger partial charge in [-0.15, -0.1) is 0 Å². The number of para-hydroxylation sites is 1. The van der Waals surface area contributed by atoms with Gasteiger partial charge < -0.3 is 14.8 Å². The molecule has 0 spiro atoms. The molecule has 7 nitrogen and oxygen atoms in total. The molecule has 0 saturated heterocycles. The first-order chi connectivity index (χ1) is 15.6. The lowest BCUT2D eigenvalue weighted by atomic mass is 9.83. The molecule has 3 rings (SSSR count). The lowest BCUT2D eigenvalue weighted by molar-refractivity contribution is -0.129. The minimum absolute atomic E-state index is 0.161. The number of hydrogen-bond acceptors (Lipinski definition) is 5. The van der Waals surface area contributed by atoms with Crippen molar-refractivity contribution in [3.05, 3.63) is 54.1 Å². The zero-order valence-corrected chi connectivity index (χ0v) is 20.8. The number of carbonyl (C=O) groups excluding carboxylic acids is 1. The number of sulfonamides is 1. The Morgan fingerprint density at radius 2 is 1.79 bits per heavy atom. The van der Waals surface area contributed by atoms with Gasteiger partial charge in [-0.1, -0.05) is 39.0 Å². The van der Waals surface area contributed by atoms with Crippen LogP contribution in [0.15, 0.2) is 48.5 Å². The standard InChI is InChI=1S/C25H34N2O5S/c1-6-22(31-19-15-13-18(14-16-19)27(4)33(5,29)30)24(28)26-21-17-25(7-2,8-3)32-23-12-10-9-11-20(21)23/h9-16,21-22H,6-8,17H2,1-5H3,(H,26,28)/t21-,22-/m1/s1. The fraction of sp³-hybridized carbons (Fsp3) is 0.480. The van der Waals surface area contributed by atoms with Gasteiger partial charge in [-0.05, 0) is 49.6 Å². The van der Waals surface area contributed by atoms with Crippen molar-refractivity contribution in [2.24, 2.45) is 0 Å². The highest BCUT2D eigenvalue weighted by Gasteiger charge is 2.39. The van der Waals surface area contributed by atoms with E-state index < -0.39 is 16.1 Å². The maximum atomic E-state index is 13.2. The predicted octanol–water partition coefficient (Wildman–Crippen LogP) is 4.44. The lowest BCUT2D eigenvalue weighted by Crippen LogP contribution is -2.47. The zero-order valence-electron chi connectivity index (χ0n) is 20.0. The van der Waals surface area contributed by atoms with Crippen LogP contribution in [0.5, 0.6) is 11.5 Å². The number of rotatable bonds is 9. The Hall–Kier alpha value is -2.74. The van der Waals surface area contributed by atoms with E-state index in [1.165, 1.54) is 11.4 Å². The third kappa shape index (κ3) is 5.61. The van der Waals surface area contributed by atoms with E-state index in [4.69, 9.17) is 9.47 Å². The second-order valence-corrected chi connectivity index (χ2v) is 10.5. The van der Waals surface area contributed by atoms with Crippen LogP contribution in [0.2, 0.25) is 0 Å². The van der Waals surface area contributed by atoms with Crippen molar-refractivity contribution in [2.75, 3.05) is 17.6 Å². The second-order valence-electron chi connectivity index (χ2n) is 8.53. The van der Waals surface area contributed by atoms with E-state index in [-0.39, 0.29) is 17.6 Å². The van der Waals surface area contributed by atoms with Crippen LogP contribution >= 0.6 is 0 Å². The van der Waals surface area contributed by atoms with Crippen molar-refractivity contribution in [2.45, 2.75) is 64.2 Å². The van der Waals surface area contributed by atoms with Crippen molar-refractivity contribution >= 4 is 21.6 Å². The summed E-state index contributed by atoms with van der Waals surface area (Å²) in [5.74, 6) is 1.14. The smallest absolute Gasteiger partial charge is 0.261 e. The van der Waals surface area contributed by atoms with Gasteiger partial charge in [0, 0.05) is 19.0 Å². The molecule has 1 heterocycles. The first-order valence-corrected chi connectivity index (χ1v) is 13.3. The van der Waals surface area contributed by atoms with Crippen molar-refractivity contribution in [3.8, 4) is 11.5 Å². The Bertz CT molecular complexity index is 1060. The lowest BCUT2D eigenvalue weighted by Gasteiger charge is -2.42. The van der Waals surface area contributed by atoms with E-state index in [0.29, 0.717) is 24.3 Å². The predicted molar refractivity (Wildman–Crippen MR) is 130 cm³/mol.